The number of nitrogens with zero attached hydrogens (tertiary/aromatic N) is 3. The number of amides is 1. The normalized spacial score (nSPS) is 18.3. The number of hydrogen-bond acceptors (Lipinski definition) is 10. The SMILES string of the molecule is CCCCOc1ccc(C2/C(=C(/O)c3ccc4c(c3)CC(C)O4)C(=O)C(=O)N2c2nnc(SCc3ccc(F)cc3)s2)cc1OCC. The van der Waals surface area contributed by atoms with Crippen molar-refractivity contribution < 1.29 is 33.3 Å². The molecule has 244 valence electrons. The Morgan fingerprint density at radius 1 is 1.06 bits per heavy atom. The van der Waals surface area contributed by atoms with Crippen molar-refractivity contribution in [1.82, 2.24) is 10.2 Å². The zero-order valence-corrected chi connectivity index (χ0v) is 27.8. The Kier molecular flexibility index (Phi) is 9.79. The van der Waals surface area contributed by atoms with E-state index in [-0.39, 0.29) is 28.4 Å². The molecule has 3 heterocycles. The Balaban J connectivity index is 1.41. The van der Waals surface area contributed by atoms with E-state index in [1.165, 1.54) is 28.8 Å². The van der Waals surface area contributed by atoms with Crippen LogP contribution in [0.3, 0.4) is 0 Å². The van der Waals surface area contributed by atoms with Gasteiger partial charge < -0.3 is 19.3 Å². The third-order valence-electron chi connectivity index (χ3n) is 7.83. The van der Waals surface area contributed by atoms with Crippen LogP contribution in [0.2, 0.25) is 0 Å². The minimum atomic E-state index is -1.02. The van der Waals surface area contributed by atoms with Crippen molar-refractivity contribution in [2.75, 3.05) is 18.1 Å². The highest BCUT2D eigenvalue weighted by Crippen LogP contribution is 2.46. The molecule has 0 bridgehead atoms. The molecule has 1 N–H and O–H groups in total. The van der Waals surface area contributed by atoms with E-state index in [1.54, 1.807) is 48.5 Å². The first-order valence-corrected chi connectivity index (χ1v) is 17.3. The van der Waals surface area contributed by atoms with Crippen molar-refractivity contribution in [1.29, 1.82) is 0 Å². The molecular weight excluding hydrogens is 642 g/mol. The summed E-state index contributed by atoms with van der Waals surface area (Å²) >= 11 is 2.54. The molecule has 0 spiro atoms. The van der Waals surface area contributed by atoms with Gasteiger partial charge in [-0.2, -0.15) is 0 Å². The first-order valence-electron chi connectivity index (χ1n) is 15.5. The molecule has 2 atom stereocenters. The maximum absolute atomic E-state index is 13.8. The number of aliphatic hydroxyl groups is 1. The second-order valence-electron chi connectivity index (χ2n) is 11.2. The van der Waals surface area contributed by atoms with Crippen molar-refractivity contribution in [3.8, 4) is 17.2 Å². The van der Waals surface area contributed by atoms with E-state index < -0.39 is 17.7 Å². The van der Waals surface area contributed by atoms with Crippen LogP contribution in [0.1, 0.15) is 61.9 Å². The maximum Gasteiger partial charge on any atom is 0.301 e. The molecule has 1 amide bonds. The fourth-order valence-electron chi connectivity index (χ4n) is 5.56. The number of carbonyl (C=O) groups excluding carboxylic acids is 2. The summed E-state index contributed by atoms with van der Waals surface area (Å²) < 4.78 is 31.7. The average molecular weight is 676 g/mol. The number of carbonyl (C=O) groups is 2. The molecule has 3 aromatic carbocycles. The summed E-state index contributed by atoms with van der Waals surface area (Å²) in [6.45, 7) is 6.78. The monoisotopic (exact) mass is 675 g/mol. The number of anilines is 1. The minimum Gasteiger partial charge on any atom is -0.507 e. The molecule has 1 saturated heterocycles. The molecule has 6 rings (SSSR count). The van der Waals surface area contributed by atoms with Crippen LogP contribution in [0, 0.1) is 5.82 Å². The predicted molar refractivity (Wildman–Crippen MR) is 179 cm³/mol. The summed E-state index contributed by atoms with van der Waals surface area (Å²) in [6.07, 6.45) is 2.50. The third-order valence-corrected chi connectivity index (χ3v) is 9.96. The van der Waals surface area contributed by atoms with E-state index in [0.29, 0.717) is 52.4 Å². The van der Waals surface area contributed by atoms with Gasteiger partial charge in [0.1, 0.15) is 23.4 Å². The number of ether oxygens (including phenoxy) is 3. The van der Waals surface area contributed by atoms with Gasteiger partial charge in [0.25, 0.3) is 5.78 Å². The van der Waals surface area contributed by atoms with E-state index in [4.69, 9.17) is 14.2 Å². The molecule has 2 aliphatic heterocycles. The van der Waals surface area contributed by atoms with Gasteiger partial charge >= 0.3 is 5.91 Å². The number of halogens is 1. The fraction of sp³-hybridized carbons (Fsp3) is 0.314. The largest absolute Gasteiger partial charge is 0.507 e. The molecule has 9 nitrogen and oxygen atoms in total. The molecule has 1 fully saturated rings. The minimum absolute atomic E-state index is 0.00412. The molecule has 4 aromatic rings. The summed E-state index contributed by atoms with van der Waals surface area (Å²) in [4.78, 5) is 28.9. The Hall–Kier alpha value is -4.42. The summed E-state index contributed by atoms with van der Waals surface area (Å²) in [5, 5.41) is 20.5. The third kappa shape index (κ3) is 6.84. The Morgan fingerprint density at radius 3 is 2.64 bits per heavy atom. The van der Waals surface area contributed by atoms with E-state index in [0.717, 1.165) is 41.1 Å². The number of thioether (sulfide) groups is 1. The Morgan fingerprint density at radius 2 is 1.87 bits per heavy atom. The number of benzene rings is 3. The quantitative estimate of drug-likeness (QED) is 0.0408. The van der Waals surface area contributed by atoms with Crippen LogP contribution in [-0.2, 0) is 21.8 Å². The van der Waals surface area contributed by atoms with Gasteiger partial charge in [0.15, 0.2) is 15.8 Å². The molecule has 12 heteroatoms. The van der Waals surface area contributed by atoms with Crippen LogP contribution < -0.4 is 19.1 Å². The van der Waals surface area contributed by atoms with Crippen molar-refractivity contribution in [2.45, 2.75) is 62.3 Å². The zero-order valence-electron chi connectivity index (χ0n) is 26.2. The van der Waals surface area contributed by atoms with E-state index in [1.807, 2.05) is 13.8 Å². The van der Waals surface area contributed by atoms with Crippen LogP contribution in [0.4, 0.5) is 9.52 Å². The number of unbranched alkanes of at least 4 members (excludes halogenated alkanes) is 1. The zero-order chi connectivity index (χ0) is 33.1. The number of aromatic nitrogens is 2. The average Bonchev–Trinajstić information content (AvgIpc) is 3.76. The van der Waals surface area contributed by atoms with Gasteiger partial charge in [-0.05, 0) is 79.4 Å². The molecule has 0 saturated carbocycles. The first kappa shape index (κ1) is 32.5. The lowest BCUT2D eigenvalue weighted by Gasteiger charge is -2.23. The molecule has 47 heavy (non-hydrogen) atoms. The molecule has 1 aromatic heterocycles. The van der Waals surface area contributed by atoms with Crippen molar-refractivity contribution in [2.24, 2.45) is 0 Å². The second kappa shape index (κ2) is 14.1. The Bertz CT molecular complexity index is 1830. The van der Waals surface area contributed by atoms with Gasteiger partial charge in [0.2, 0.25) is 5.13 Å². The lowest BCUT2D eigenvalue weighted by Crippen LogP contribution is -2.29. The number of Topliss-reactive ketones (excluding diaryl/α,β-unsaturated/α-hetero) is 1. The number of hydrogen-bond donors (Lipinski definition) is 1. The highest BCUT2D eigenvalue weighted by Gasteiger charge is 2.48. The standard InChI is InChI=1S/C35H34FN3O6S2/c1-4-6-15-44-27-14-9-22(18-28(27)43-5-2)30-29(31(40)23-10-13-26-24(17-23)16-20(3)45-26)32(41)33(42)39(30)34-37-38-35(47-34)46-19-21-7-11-25(36)12-8-21/h7-14,17-18,20,30,40H,4-6,15-16,19H2,1-3H3/b31-29-. The van der Waals surface area contributed by atoms with Gasteiger partial charge in [0, 0.05) is 17.7 Å². The van der Waals surface area contributed by atoms with Crippen molar-refractivity contribution >= 4 is 45.7 Å². The van der Waals surface area contributed by atoms with Crippen LogP contribution in [-0.4, -0.2) is 46.3 Å². The van der Waals surface area contributed by atoms with Crippen LogP contribution in [0.5, 0.6) is 17.2 Å². The topological polar surface area (TPSA) is 111 Å². The summed E-state index contributed by atoms with van der Waals surface area (Å²) in [5.41, 5.74) is 2.67. The maximum atomic E-state index is 13.8. The van der Waals surface area contributed by atoms with Gasteiger partial charge in [-0.3, -0.25) is 14.5 Å². The number of aliphatic hydroxyl groups excluding tert-OH is 1. The van der Waals surface area contributed by atoms with Crippen molar-refractivity contribution in [3.63, 3.8) is 0 Å². The summed E-state index contributed by atoms with van der Waals surface area (Å²) in [5.74, 6) is -0.0396. The molecule has 2 unspecified atom stereocenters. The van der Waals surface area contributed by atoms with Gasteiger partial charge in [-0.15, -0.1) is 10.2 Å². The lowest BCUT2D eigenvalue weighted by molar-refractivity contribution is -0.132. The molecular formula is C35H34FN3O6S2. The Labute approximate surface area is 280 Å². The van der Waals surface area contributed by atoms with Crippen LogP contribution in [0.15, 0.2) is 70.6 Å². The number of fused-ring (bicyclic) bond motifs is 1. The summed E-state index contributed by atoms with van der Waals surface area (Å²) in [6, 6.07) is 15.7. The highest BCUT2D eigenvalue weighted by atomic mass is 32.2. The molecule has 2 aliphatic rings. The number of ketones is 1. The number of rotatable bonds is 12. The highest BCUT2D eigenvalue weighted by molar-refractivity contribution is 8.00. The molecule has 0 aliphatic carbocycles. The summed E-state index contributed by atoms with van der Waals surface area (Å²) in [7, 11) is 0. The second-order valence-corrected chi connectivity index (χ2v) is 13.4. The van der Waals surface area contributed by atoms with Gasteiger partial charge in [0.05, 0.1) is 24.8 Å². The fourth-order valence-corrected chi connectivity index (χ4v) is 7.39. The van der Waals surface area contributed by atoms with E-state index in [2.05, 4.69) is 17.1 Å². The van der Waals surface area contributed by atoms with Gasteiger partial charge in [-0.1, -0.05) is 54.6 Å². The predicted octanol–water partition coefficient (Wildman–Crippen LogP) is 7.50. The first-order chi connectivity index (χ1) is 22.8. The van der Waals surface area contributed by atoms with Crippen LogP contribution >= 0.6 is 23.1 Å². The van der Waals surface area contributed by atoms with Crippen molar-refractivity contribution in [3.05, 3.63) is 94.3 Å². The van der Waals surface area contributed by atoms with Gasteiger partial charge in [-0.25, -0.2) is 4.39 Å². The van der Waals surface area contributed by atoms with E-state index >= 15 is 0 Å². The lowest BCUT2D eigenvalue weighted by atomic mass is 9.94. The molecule has 0 radical (unpaired) electrons. The van der Waals surface area contributed by atoms with E-state index in [9.17, 15) is 19.1 Å². The van der Waals surface area contributed by atoms with Crippen LogP contribution in [0.25, 0.3) is 5.76 Å². The smallest absolute Gasteiger partial charge is 0.301 e.